The molecule has 2 aromatic rings. The fourth-order valence-corrected chi connectivity index (χ4v) is 3.07. The van der Waals surface area contributed by atoms with E-state index in [0.717, 1.165) is 6.07 Å². The fourth-order valence-electron chi connectivity index (χ4n) is 3.07. The normalized spacial score (nSPS) is 21.2. The summed E-state index contributed by atoms with van der Waals surface area (Å²) in [6, 6.07) is 10.2. The lowest BCUT2D eigenvalue weighted by Gasteiger charge is -2.43. The number of rotatable bonds is 6. The number of anilines is 1. The van der Waals surface area contributed by atoms with Gasteiger partial charge in [0.1, 0.15) is 17.7 Å². The number of ether oxygens (including phenoxy) is 2. The Morgan fingerprint density at radius 2 is 1.90 bits per heavy atom. The molecule has 2 amide bonds. The summed E-state index contributed by atoms with van der Waals surface area (Å²) >= 11 is 0. The van der Waals surface area contributed by atoms with Crippen molar-refractivity contribution in [2.24, 2.45) is 0 Å². The van der Waals surface area contributed by atoms with Crippen LogP contribution in [0.2, 0.25) is 0 Å². The Morgan fingerprint density at radius 3 is 2.52 bits per heavy atom. The summed E-state index contributed by atoms with van der Waals surface area (Å²) in [5, 5.41) is 5.03. The van der Waals surface area contributed by atoms with Gasteiger partial charge >= 0.3 is 12.2 Å². The molecule has 3 atom stereocenters. The van der Waals surface area contributed by atoms with Crippen LogP contribution in [0.3, 0.4) is 0 Å². The van der Waals surface area contributed by atoms with Crippen molar-refractivity contribution in [3.63, 3.8) is 0 Å². The zero-order valence-corrected chi connectivity index (χ0v) is 15.5. The third-order valence-electron chi connectivity index (χ3n) is 4.49. The van der Waals surface area contributed by atoms with Crippen molar-refractivity contribution in [3.8, 4) is 5.75 Å². The van der Waals surface area contributed by atoms with Gasteiger partial charge in [0.25, 0.3) is 0 Å². The first-order chi connectivity index (χ1) is 13.8. The molecule has 3 rings (SSSR count). The molecule has 5 nitrogen and oxygen atoms in total. The van der Waals surface area contributed by atoms with E-state index in [1.165, 1.54) is 0 Å². The zero-order chi connectivity index (χ0) is 21.0. The molecule has 1 aliphatic carbocycles. The summed E-state index contributed by atoms with van der Waals surface area (Å²) in [6.45, 7) is 2.34. The summed E-state index contributed by atoms with van der Waals surface area (Å²) < 4.78 is 63.0. The highest BCUT2D eigenvalue weighted by Crippen LogP contribution is 2.33. The largest absolute Gasteiger partial charge is 0.486 e. The van der Waals surface area contributed by atoms with Crippen LogP contribution in [0.25, 0.3) is 0 Å². The quantitative estimate of drug-likeness (QED) is 0.683. The average molecular weight is 412 g/mol. The van der Waals surface area contributed by atoms with Gasteiger partial charge < -0.3 is 20.1 Å². The Morgan fingerprint density at radius 1 is 1.17 bits per heavy atom. The number of urea groups is 1. The standard InChI is InChI=1S/C20H20F4N2O3/c1-2-28-17-11-16(18(17)29-13-6-4-3-5-7-13)26-19(27)25-12-8-9-14(15(21)10-12)20(22,23)24/h3-10,16-18H,2,11H2,1H3,(H2,25,26,27). The minimum Gasteiger partial charge on any atom is -0.486 e. The predicted molar refractivity (Wildman–Crippen MR) is 98.2 cm³/mol. The Labute approximate surface area is 165 Å². The second-order valence-corrected chi connectivity index (χ2v) is 6.52. The first-order valence-corrected chi connectivity index (χ1v) is 9.05. The number of nitrogens with one attached hydrogen (secondary N) is 2. The highest BCUT2D eigenvalue weighted by Gasteiger charge is 2.45. The third kappa shape index (κ3) is 5.17. The molecule has 9 heteroatoms. The number of alkyl halides is 3. The van der Waals surface area contributed by atoms with Crippen LogP contribution in [0.5, 0.6) is 5.75 Å². The first-order valence-electron chi connectivity index (χ1n) is 9.05. The molecule has 0 bridgehead atoms. The lowest BCUT2D eigenvalue weighted by molar-refractivity contribution is -0.139. The lowest BCUT2D eigenvalue weighted by Crippen LogP contribution is -2.63. The predicted octanol–water partition coefficient (Wildman–Crippen LogP) is 4.59. The van der Waals surface area contributed by atoms with Gasteiger partial charge in [-0.1, -0.05) is 18.2 Å². The SMILES string of the molecule is CCOC1CC(NC(=O)Nc2ccc(C(F)(F)F)c(F)c2)C1Oc1ccccc1. The Balaban J connectivity index is 1.61. The van der Waals surface area contributed by atoms with Crippen LogP contribution in [0.4, 0.5) is 28.0 Å². The van der Waals surface area contributed by atoms with E-state index in [9.17, 15) is 22.4 Å². The molecule has 0 aliphatic heterocycles. The second-order valence-electron chi connectivity index (χ2n) is 6.52. The number of amides is 2. The third-order valence-corrected chi connectivity index (χ3v) is 4.49. The number of hydrogen-bond acceptors (Lipinski definition) is 3. The van der Waals surface area contributed by atoms with Gasteiger partial charge in [0.2, 0.25) is 0 Å². The highest BCUT2D eigenvalue weighted by atomic mass is 19.4. The molecule has 1 fully saturated rings. The molecule has 2 N–H and O–H groups in total. The minimum absolute atomic E-state index is 0.0887. The van der Waals surface area contributed by atoms with Gasteiger partial charge in [0.05, 0.1) is 17.7 Å². The number of benzene rings is 2. The van der Waals surface area contributed by atoms with Gasteiger partial charge in [-0.05, 0) is 37.3 Å². The second kappa shape index (κ2) is 8.69. The zero-order valence-electron chi connectivity index (χ0n) is 15.5. The summed E-state index contributed by atoms with van der Waals surface area (Å²) in [6.07, 6.45) is -4.91. The van der Waals surface area contributed by atoms with Crippen molar-refractivity contribution in [2.75, 3.05) is 11.9 Å². The summed E-state index contributed by atoms with van der Waals surface area (Å²) in [5.41, 5.74) is -1.48. The molecule has 1 saturated carbocycles. The van der Waals surface area contributed by atoms with Gasteiger partial charge in [-0.2, -0.15) is 13.2 Å². The molecular weight excluding hydrogens is 392 g/mol. The van der Waals surface area contributed by atoms with E-state index in [2.05, 4.69) is 10.6 Å². The number of halogens is 4. The fraction of sp³-hybridized carbons (Fsp3) is 0.350. The van der Waals surface area contributed by atoms with E-state index in [0.29, 0.717) is 30.9 Å². The van der Waals surface area contributed by atoms with Crippen LogP contribution < -0.4 is 15.4 Å². The van der Waals surface area contributed by atoms with Crippen LogP contribution in [-0.2, 0) is 10.9 Å². The van der Waals surface area contributed by atoms with Crippen LogP contribution in [0.1, 0.15) is 18.9 Å². The number of carbonyl (C=O) groups excluding carboxylic acids is 1. The molecule has 0 spiro atoms. The number of carbonyl (C=O) groups is 1. The number of hydrogen-bond donors (Lipinski definition) is 2. The van der Waals surface area contributed by atoms with Gasteiger partial charge in [0.15, 0.2) is 0 Å². The maximum atomic E-state index is 13.6. The van der Waals surface area contributed by atoms with E-state index in [1.807, 2.05) is 25.1 Å². The van der Waals surface area contributed by atoms with Crippen LogP contribution in [-0.4, -0.2) is 30.9 Å². The van der Waals surface area contributed by atoms with Crippen molar-refractivity contribution >= 4 is 11.7 Å². The topological polar surface area (TPSA) is 59.6 Å². The van der Waals surface area contributed by atoms with Crippen LogP contribution >= 0.6 is 0 Å². The van der Waals surface area contributed by atoms with Crippen molar-refractivity contribution in [3.05, 3.63) is 59.9 Å². The molecule has 29 heavy (non-hydrogen) atoms. The maximum absolute atomic E-state index is 13.6. The first kappa shape index (κ1) is 20.9. The Hall–Kier alpha value is -2.81. The molecular formula is C20H20F4N2O3. The lowest BCUT2D eigenvalue weighted by atomic mass is 9.85. The molecule has 0 aromatic heterocycles. The van der Waals surface area contributed by atoms with Gasteiger partial charge in [-0.25, -0.2) is 9.18 Å². The van der Waals surface area contributed by atoms with E-state index in [1.54, 1.807) is 12.1 Å². The monoisotopic (exact) mass is 412 g/mol. The van der Waals surface area contributed by atoms with Gasteiger partial charge in [-0.15, -0.1) is 0 Å². The minimum atomic E-state index is -4.80. The van der Waals surface area contributed by atoms with E-state index in [-0.39, 0.29) is 17.8 Å². The number of para-hydroxylation sites is 1. The Kier molecular flexibility index (Phi) is 6.26. The molecule has 156 valence electrons. The molecule has 0 radical (unpaired) electrons. The maximum Gasteiger partial charge on any atom is 0.419 e. The van der Waals surface area contributed by atoms with Crippen molar-refractivity contribution in [2.45, 2.75) is 37.8 Å². The van der Waals surface area contributed by atoms with E-state index in [4.69, 9.17) is 9.47 Å². The molecule has 1 aliphatic rings. The van der Waals surface area contributed by atoms with E-state index < -0.39 is 29.7 Å². The van der Waals surface area contributed by atoms with Crippen LogP contribution in [0, 0.1) is 5.82 Å². The van der Waals surface area contributed by atoms with Crippen molar-refractivity contribution in [1.82, 2.24) is 5.32 Å². The smallest absolute Gasteiger partial charge is 0.419 e. The molecule has 0 heterocycles. The van der Waals surface area contributed by atoms with Gasteiger partial charge in [0, 0.05) is 18.7 Å². The summed E-state index contributed by atoms with van der Waals surface area (Å²) in [7, 11) is 0. The van der Waals surface area contributed by atoms with Crippen LogP contribution in [0.15, 0.2) is 48.5 Å². The summed E-state index contributed by atoms with van der Waals surface area (Å²) in [4.78, 5) is 12.2. The van der Waals surface area contributed by atoms with E-state index >= 15 is 0 Å². The molecule has 0 saturated heterocycles. The summed E-state index contributed by atoms with van der Waals surface area (Å²) in [5.74, 6) is -0.834. The average Bonchev–Trinajstić information content (AvgIpc) is 2.65. The highest BCUT2D eigenvalue weighted by molar-refractivity contribution is 5.89. The van der Waals surface area contributed by atoms with Crippen molar-refractivity contribution < 1.29 is 31.8 Å². The molecule has 2 aromatic carbocycles. The van der Waals surface area contributed by atoms with Crippen molar-refractivity contribution in [1.29, 1.82) is 0 Å². The van der Waals surface area contributed by atoms with Gasteiger partial charge in [-0.3, -0.25) is 0 Å². The Bertz CT molecular complexity index is 845. The molecule has 3 unspecified atom stereocenters.